The van der Waals surface area contributed by atoms with Gasteiger partial charge in [-0.05, 0) is 38.5 Å². The zero-order valence-electron chi connectivity index (χ0n) is 32.4. The Labute approximate surface area is 301 Å². The van der Waals surface area contributed by atoms with E-state index in [1.165, 1.54) is 77.0 Å². The quantitative estimate of drug-likeness (QED) is 0.0305. The van der Waals surface area contributed by atoms with Crippen LogP contribution in [0.1, 0.15) is 168 Å². The Hall–Kier alpha value is -2.19. The fourth-order valence-electron chi connectivity index (χ4n) is 5.73. The molecule has 0 fully saturated rings. The van der Waals surface area contributed by atoms with Gasteiger partial charge < -0.3 is 23.8 Å². The van der Waals surface area contributed by atoms with Crippen molar-refractivity contribution in [2.75, 3.05) is 41.0 Å². The molecule has 1 N–H and O–H groups in total. The first-order chi connectivity index (χ1) is 23.6. The third-order valence-electron chi connectivity index (χ3n) is 8.88. The lowest BCUT2D eigenvalue weighted by molar-refractivity contribution is -0.887. The molecule has 0 rings (SSSR count). The molecular weight excluding hydrogens is 618 g/mol. The van der Waals surface area contributed by atoms with Gasteiger partial charge in [0, 0.05) is 19.3 Å². The highest BCUT2D eigenvalue weighted by molar-refractivity contribution is 5.72. The van der Waals surface area contributed by atoms with Crippen molar-refractivity contribution in [1.82, 2.24) is 0 Å². The second kappa shape index (κ2) is 33.0. The number of unbranched alkanes of at least 4 members (excludes halogenated alkanes) is 18. The molecule has 0 aliphatic heterocycles. The van der Waals surface area contributed by atoms with E-state index >= 15 is 0 Å². The van der Waals surface area contributed by atoms with Crippen LogP contribution in [0.4, 0.5) is 0 Å². The number of allylic oxidation sites excluding steroid dienone is 4. The molecular formula is C41H76NO7+. The minimum absolute atomic E-state index is 0.0564. The van der Waals surface area contributed by atoms with Crippen LogP contribution in [-0.4, -0.2) is 80.6 Å². The molecule has 49 heavy (non-hydrogen) atoms. The summed E-state index contributed by atoms with van der Waals surface area (Å²) in [5.41, 5.74) is 0. The molecule has 0 aromatic rings. The van der Waals surface area contributed by atoms with Crippen molar-refractivity contribution in [3.05, 3.63) is 24.3 Å². The van der Waals surface area contributed by atoms with E-state index in [4.69, 9.17) is 14.2 Å². The fraction of sp³-hybridized carbons (Fsp3) is 0.829. The Morgan fingerprint density at radius 1 is 0.612 bits per heavy atom. The first kappa shape index (κ1) is 46.8. The van der Waals surface area contributed by atoms with E-state index in [1.54, 1.807) is 0 Å². The Balaban J connectivity index is 4.29. The molecule has 2 unspecified atom stereocenters. The van der Waals surface area contributed by atoms with Crippen LogP contribution in [0.15, 0.2) is 24.3 Å². The molecule has 286 valence electrons. The van der Waals surface area contributed by atoms with Gasteiger partial charge in [-0.25, -0.2) is 4.79 Å². The number of carboxylic acids is 1. The summed E-state index contributed by atoms with van der Waals surface area (Å²) in [4.78, 5) is 36.6. The van der Waals surface area contributed by atoms with Gasteiger partial charge in [-0.1, -0.05) is 134 Å². The minimum Gasteiger partial charge on any atom is -0.477 e. The Morgan fingerprint density at radius 2 is 1.06 bits per heavy atom. The summed E-state index contributed by atoms with van der Waals surface area (Å²) in [6, 6.07) is -0.612. The van der Waals surface area contributed by atoms with E-state index in [0.29, 0.717) is 19.3 Å². The summed E-state index contributed by atoms with van der Waals surface area (Å²) in [5.74, 6) is -1.49. The minimum atomic E-state index is -0.878. The summed E-state index contributed by atoms with van der Waals surface area (Å²) >= 11 is 0. The molecule has 0 aliphatic rings. The van der Waals surface area contributed by atoms with Gasteiger partial charge >= 0.3 is 17.9 Å². The van der Waals surface area contributed by atoms with Gasteiger partial charge in [-0.3, -0.25) is 9.59 Å². The normalized spacial score (nSPS) is 13.2. The largest absolute Gasteiger partial charge is 0.477 e. The van der Waals surface area contributed by atoms with Gasteiger partial charge in [0.05, 0.1) is 34.4 Å². The zero-order chi connectivity index (χ0) is 36.4. The third kappa shape index (κ3) is 31.5. The van der Waals surface area contributed by atoms with Crippen molar-refractivity contribution in [3.8, 4) is 0 Å². The molecule has 0 bridgehead atoms. The van der Waals surface area contributed by atoms with Gasteiger partial charge in [0.25, 0.3) is 0 Å². The lowest BCUT2D eigenvalue weighted by atomic mass is 10.1. The number of carbonyl (C=O) groups is 3. The first-order valence-electron chi connectivity index (χ1n) is 19.9. The van der Waals surface area contributed by atoms with Gasteiger partial charge in [-0.2, -0.15) is 0 Å². The van der Waals surface area contributed by atoms with Crippen molar-refractivity contribution in [2.45, 2.75) is 180 Å². The molecule has 0 radical (unpaired) electrons. The maximum absolute atomic E-state index is 12.5. The third-order valence-corrected chi connectivity index (χ3v) is 8.88. The lowest BCUT2D eigenvalue weighted by Crippen LogP contribution is -2.50. The first-order valence-corrected chi connectivity index (χ1v) is 19.9. The van der Waals surface area contributed by atoms with Crippen LogP contribution in [0, 0.1) is 0 Å². The van der Waals surface area contributed by atoms with E-state index in [2.05, 4.69) is 38.2 Å². The van der Waals surface area contributed by atoms with Crippen LogP contribution in [-0.2, 0) is 28.6 Å². The fourth-order valence-corrected chi connectivity index (χ4v) is 5.73. The van der Waals surface area contributed by atoms with Crippen LogP contribution in [0.25, 0.3) is 0 Å². The topological polar surface area (TPSA) is 99.1 Å². The predicted molar refractivity (Wildman–Crippen MR) is 202 cm³/mol. The molecule has 0 saturated heterocycles. The highest BCUT2D eigenvalue weighted by Gasteiger charge is 2.31. The summed E-state index contributed by atoms with van der Waals surface area (Å²) in [7, 11) is 5.51. The number of likely N-dealkylation sites (N-methyl/N-ethyl adjacent to an activating group) is 1. The van der Waals surface area contributed by atoms with Crippen molar-refractivity contribution in [3.63, 3.8) is 0 Å². The maximum Gasteiger partial charge on any atom is 0.362 e. The van der Waals surface area contributed by atoms with E-state index in [0.717, 1.165) is 57.8 Å². The van der Waals surface area contributed by atoms with E-state index in [1.807, 2.05) is 21.1 Å². The molecule has 0 aliphatic carbocycles. The van der Waals surface area contributed by atoms with Crippen LogP contribution in [0.5, 0.6) is 0 Å². The highest BCUT2D eigenvalue weighted by Crippen LogP contribution is 2.13. The van der Waals surface area contributed by atoms with Crippen molar-refractivity contribution < 1.29 is 38.2 Å². The number of hydrogen-bond donors (Lipinski definition) is 1. The molecule has 8 nitrogen and oxygen atoms in total. The number of hydrogen-bond acceptors (Lipinski definition) is 6. The molecule has 8 heteroatoms. The number of esters is 2. The summed E-state index contributed by atoms with van der Waals surface area (Å²) in [6.07, 6.45) is 33.8. The number of aliphatic carboxylic acids is 1. The smallest absolute Gasteiger partial charge is 0.362 e. The number of carbonyl (C=O) groups excluding carboxylic acids is 2. The van der Waals surface area contributed by atoms with Crippen LogP contribution in [0.3, 0.4) is 0 Å². The van der Waals surface area contributed by atoms with Crippen molar-refractivity contribution in [1.29, 1.82) is 0 Å². The molecule has 0 aromatic carbocycles. The number of nitrogens with zero attached hydrogens (tertiary/aromatic N) is 1. The van der Waals surface area contributed by atoms with E-state index < -0.39 is 18.1 Å². The molecule has 2 atom stereocenters. The summed E-state index contributed by atoms with van der Waals surface area (Å²) in [6.45, 7) is 4.66. The van der Waals surface area contributed by atoms with Crippen molar-refractivity contribution >= 4 is 17.9 Å². The Kier molecular flexibility index (Phi) is 31.5. The number of rotatable bonds is 35. The molecule has 0 heterocycles. The Morgan fingerprint density at radius 3 is 1.53 bits per heavy atom. The zero-order valence-corrected chi connectivity index (χ0v) is 32.4. The van der Waals surface area contributed by atoms with Crippen LogP contribution >= 0.6 is 0 Å². The maximum atomic E-state index is 12.5. The molecule has 0 amide bonds. The number of quaternary nitrogens is 1. The highest BCUT2D eigenvalue weighted by atomic mass is 16.6. The number of carboxylic acid groups (broad SMARTS) is 1. The summed E-state index contributed by atoms with van der Waals surface area (Å²) in [5, 5.41) is 9.56. The van der Waals surface area contributed by atoms with Gasteiger partial charge in [-0.15, -0.1) is 0 Å². The van der Waals surface area contributed by atoms with Crippen LogP contribution in [0.2, 0.25) is 0 Å². The molecule has 0 saturated carbocycles. The second-order valence-corrected chi connectivity index (χ2v) is 14.6. The van der Waals surface area contributed by atoms with Gasteiger partial charge in [0.2, 0.25) is 0 Å². The lowest BCUT2D eigenvalue weighted by Gasteiger charge is -2.31. The Bertz CT molecular complexity index is 864. The molecule has 0 spiro atoms. The van der Waals surface area contributed by atoms with Crippen LogP contribution < -0.4 is 0 Å². The average molecular weight is 695 g/mol. The predicted octanol–water partition coefficient (Wildman–Crippen LogP) is 10.1. The standard InChI is InChI=1S/C41H75NO7/c1-6-8-10-12-14-15-16-17-18-19-20-21-22-23-24-26-27-29-31-39(43)48-36-37(35-47-34-33-38(41(45)46)42(3,4)5)49-40(44)32-30-28-25-13-11-9-7-2/h18-21,37-38H,6-17,22-36H2,1-5H3/p+1/b19-18+,21-20+. The SMILES string of the molecule is CCCCCCCCC/C=C/C=C/CCCCCCCC(=O)OCC(COCCC(C(=O)O)[N+](C)(C)C)OC(=O)CCCCCCCCC. The average Bonchev–Trinajstić information content (AvgIpc) is 3.05. The second-order valence-electron chi connectivity index (χ2n) is 14.6. The number of ether oxygens (including phenoxy) is 3. The van der Waals surface area contributed by atoms with Gasteiger partial charge in [0.1, 0.15) is 6.61 Å². The molecule has 0 aromatic heterocycles. The van der Waals surface area contributed by atoms with Gasteiger partial charge in [0.15, 0.2) is 12.1 Å². The monoisotopic (exact) mass is 695 g/mol. The van der Waals surface area contributed by atoms with Crippen molar-refractivity contribution in [2.24, 2.45) is 0 Å². The summed E-state index contributed by atoms with van der Waals surface area (Å²) < 4.78 is 17.1. The van der Waals surface area contributed by atoms with E-state index in [-0.39, 0.29) is 36.2 Å². The van der Waals surface area contributed by atoms with E-state index in [9.17, 15) is 19.5 Å².